The molecule has 5 nitrogen and oxygen atoms in total. The normalized spacial score (nSPS) is 13.5. The van der Waals surface area contributed by atoms with E-state index in [-0.39, 0.29) is 29.9 Å². The average Bonchev–Trinajstić information content (AvgIpc) is 2.92. The maximum absolute atomic E-state index is 11.7. The van der Waals surface area contributed by atoms with Crippen LogP contribution in [0.25, 0.3) is 0 Å². The van der Waals surface area contributed by atoms with Gasteiger partial charge >= 0.3 is 0 Å². The topological polar surface area (TPSA) is 56.7 Å². The number of hydrogen-bond acceptors (Lipinski definition) is 2. The molecule has 0 bridgehead atoms. The number of nitrogens with one attached hydrogen (secondary N) is 2. The van der Waals surface area contributed by atoms with Crippen molar-refractivity contribution in [2.45, 2.75) is 33.2 Å². The summed E-state index contributed by atoms with van der Waals surface area (Å²) in [6, 6.07) is 8.10. The van der Waals surface area contributed by atoms with Crippen molar-refractivity contribution in [1.29, 1.82) is 0 Å². The molecular formula is C16H25IN4O. The fourth-order valence-electron chi connectivity index (χ4n) is 2.38. The molecule has 0 spiro atoms. The molecule has 2 N–H and O–H groups in total. The first-order chi connectivity index (χ1) is 10.2. The average molecular weight is 416 g/mol. The first-order valence-corrected chi connectivity index (χ1v) is 7.66. The lowest BCUT2D eigenvalue weighted by molar-refractivity contribution is -0.117. The monoisotopic (exact) mass is 416 g/mol. The van der Waals surface area contributed by atoms with Crippen molar-refractivity contribution in [3.63, 3.8) is 0 Å². The lowest BCUT2D eigenvalue weighted by Crippen LogP contribution is -2.36. The molecule has 0 aliphatic carbocycles. The van der Waals surface area contributed by atoms with Crippen LogP contribution in [0.3, 0.4) is 0 Å². The Labute approximate surface area is 149 Å². The Bertz CT molecular complexity index is 493. The molecular weight excluding hydrogens is 391 g/mol. The number of carbonyl (C=O) groups excluding carboxylic acids is 1. The van der Waals surface area contributed by atoms with E-state index in [4.69, 9.17) is 0 Å². The third-order valence-electron chi connectivity index (χ3n) is 3.43. The zero-order chi connectivity index (χ0) is 15.1. The first-order valence-electron chi connectivity index (χ1n) is 7.66. The van der Waals surface area contributed by atoms with Crippen molar-refractivity contribution in [2.24, 2.45) is 4.99 Å². The third-order valence-corrected chi connectivity index (χ3v) is 3.43. The van der Waals surface area contributed by atoms with Crippen molar-refractivity contribution in [2.75, 3.05) is 24.5 Å². The maximum Gasteiger partial charge on any atom is 0.227 e. The summed E-state index contributed by atoms with van der Waals surface area (Å²) in [5, 5.41) is 6.40. The van der Waals surface area contributed by atoms with Crippen LogP contribution in [-0.4, -0.2) is 31.5 Å². The van der Waals surface area contributed by atoms with Gasteiger partial charge in [-0.2, -0.15) is 0 Å². The van der Waals surface area contributed by atoms with Crippen LogP contribution >= 0.6 is 24.0 Å². The number of anilines is 1. The molecule has 1 aromatic carbocycles. The highest BCUT2D eigenvalue weighted by molar-refractivity contribution is 14.0. The Morgan fingerprint density at radius 3 is 2.32 bits per heavy atom. The Hall–Kier alpha value is -1.31. The molecule has 22 heavy (non-hydrogen) atoms. The number of halogens is 1. The van der Waals surface area contributed by atoms with Crippen LogP contribution in [0.5, 0.6) is 0 Å². The summed E-state index contributed by atoms with van der Waals surface area (Å²) in [6.07, 6.45) is 1.63. The van der Waals surface area contributed by atoms with Gasteiger partial charge < -0.3 is 15.5 Å². The SMILES string of the molecule is CCNC(=NCc1ccc(N2CCCC2=O)cc1)NCC.I. The quantitative estimate of drug-likeness (QED) is 0.441. The molecule has 6 heteroatoms. The van der Waals surface area contributed by atoms with Crippen LogP contribution in [0.1, 0.15) is 32.3 Å². The van der Waals surface area contributed by atoms with Gasteiger partial charge in [0.1, 0.15) is 0 Å². The molecule has 1 heterocycles. The Kier molecular flexibility index (Phi) is 8.22. The van der Waals surface area contributed by atoms with Gasteiger partial charge in [0.15, 0.2) is 5.96 Å². The van der Waals surface area contributed by atoms with E-state index in [0.717, 1.165) is 43.3 Å². The highest BCUT2D eigenvalue weighted by Crippen LogP contribution is 2.21. The van der Waals surface area contributed by atoms with Gasteiger partial charge in [-0.1, -0.05) is 12.1 Å². The van der Waals surface area contributed by atoms with Gasteiger partial charge in [0, 0.05) is 31.7 Å². The minimum Gasteiger partial charge on any atom is -0.357 e. The van der Waals surface area contributed by atoms with Crippen LogP contribution in [0.4, 0.5) is 5.69 Å². The molecule has 1 saturated heterocycles. The lowest BCUT2D eigenvalue weighted by Gasteiger charge is -2.15. The molecule has 1 fully saturated rings. The smallest absolute Gasteiger partial charge is 0.227 e. The van der Waals surface area contributed by atoms with Gasteiger partial charge in [-0.15, -0.1) is 24.0 Å². The van der Waals surface area contributed by atoms with Crippen molar-refractivity contribution in [1.82, 2.24) is 10.6 Å². The van der Waals surface area contributed by atoms with Crippen LogP contribution in [0.2, 0.25) is 0 Å². The summed E-state index contributed by atoms with van der Waals surface area (Å²) >= 11 is 0. The predicted octanol–water partition coefficient (Wildman–Crippen LogP) is 2.51. The van der Waals surface area contributed by atoms with Crippen LogP contribution in [0, 0.1) is 0 Å². The molecule has 0 radical (unpaired) electrons. The van der Waals surface area contributed by atoms with E-state index < -0.39 is 0 Å². The molecule has 1 aliphatic rings. The minimum absolute atomic E-state index is 0. The van der Waals surface area contributed by atoms with Crippen molar-refractivity contribution < 1.29 is 4.79 Å². The number of rotatable bonds is 5. The Balaban J connectivity index is 0.00000242. The maximum atomic E-state index is 11.7. The van der Waals surface area contributed by atoms with E-state index in [1.54, 1.807) is 0 Å². The standard InChI is InChI=1S/C16H24N4O.HI/c1-3-17-16(18-4-2)19-12-13-7-9-14(10-8-13)20-11-5-6-15(20)21;/h7-10H,3-6,11-12H2,1-2H3,(H2,17,18,19);1H. The second kappa shape index (κ2) is 9.66. The second-order valence-electron chi connectivity index (χ2n) is 5.04. The molecule has 0 unspecified atom stereocenters. The van der Waals surface area contributed by atoms with E-state index >= 15 is 0 Å². The van der Waals surface area contributed by atoms with E-state index in [1.807, 2.05) is 29.2 Å². The largest absolute Gasteiger partial charge is 0.357 e. The summed E-state index contributed by atoms with van der Waals surface area (Å²) in [5.41, 5.74) is 2.13. The lowest BCUT2D eigenvalue weighted by atomic mass is 10.2. The molecule has 0 saturated carbocycles. The van der Waals surface area contributed by atoms with E-state index in [1.165, 1.54) is 0 Å². The van der Waals surface area contributed by atoms with Gasteiger partial charge in [-0.25, -0.2) is 4.99 Å². The van der Waals surface area contributed by atoms with Gasteiger partial charge in [0.2, 0.25) is 5.91 Å². The zero-order valence-electron chi connectivity index (χ0n) is 13.3. The van der Waals surface area contributed by atoms with E-state index in [2.05, 4.69) is 29.5 Å². The van der Waals surface area contributed by atoms with Crippen LogP contribution < -0.4 is 15.5 Å². The molecule has 1 aliphatic heterocycles. The Morgan fingerprint density at radius 2 is 1.82 bits per heavy atom. The van der Waals surface area contributed by atoms with Gasteiger partial charge in [0.05, 0.1) is 6.54 Å². The molecule has 0 aromatic heterocycles. The number of carbonyl (C=O) groups is 1. The van der Waals surface area contributed by atoms with Crippen molar-refractivity contribution >= 4 is 41.5 Å². The summed E-state index contributed by atoms with van der Waals surface area (Å²) < 4.78 is 0. The molecule has 2 rings (SSSR count). The number of amides is 1. The fraction of sp³-hybridized carbons (Fsp3) is 0.500. The van der Waals surface area contributed by atoms with Crippen LogP contribution in [0.15, 0.2) is 29.3 Å². The summed E-state index contributed by atoms with van der Waals surface area (Å²) in [7, 11) is 0. The predicted molar refractivity (Wildman–Crippen MR) is 102 cm³/mol. The third kappa shape index (κ3) is 5.15. The summed E-state index contributed by atoms with van der Waals surface area (Å²) in [6.45, 7) is 7.26. The highest BCUT2D eigenvalue weighted by atomic mass is 127. The number of nitrogens with zero attached hydrogens (tertiary/aromatic N) is 2. The van der Waals surface area contributed by atoms with Crippen molar-refractivity contribution in [3.8, 4) is 0 Å². The van der Waals surface area contributed by atoms with E-state index in [0.29, 0.717) is 13.0 Å². The van der Waals surface area contributed by atoms with E-state index in [9.17, 15) is 4.79 Å². The second-order valence-corrected chi connectivity index (χ2v) is 5.04. The number of aliphatic imine (C=N–C) groups is 1. The van der Waals surface area contributed by atoms with Gasteiger partial charge in [0.25, 0.3) is 0 Å². The highest BCUT2D eigenvalue weighted by Gasteiger charge is 2.21. The summed E-state index contributed by atoms with van der Waals surface area (Å²) in [5.74, 6) is 1.06. The zero-order valence-corrected chi connectivity index (χ0v) is 15.6. The van der Waals surface area contributed by atoms with Gasteiger partial charge in [-0.05, 0) is 38.0 Å². The number of hydrogen-bond donors (Lipinski definition) is 2. The fourth-order valence-corrected chi connectivity index (χ4v) is 2.38. The van der Waals surface area contributed by atoms with Gasteiger partial charge in [-0.3, -0.25) is 4.79 Å². The summed E-state index contributed by atoms with van der Waals surface area (Å²) in [4.78, 5) is 18.1. The Morgan fingerprint density at radius 1 is 1.18 bits per heavy atom. The van der Waals surface area contributed by atoms with Crippen LogP contribution in [-0.2, 0) is 11.3 Å². The molecule has 122 valence electrons. The molecule has 0 atom stereocenters. The first kappa shape index (κ1) is 18.7. The molecule has 1 aromatic rings. The molecule has 1 amide bonds. The van der Waals surface area contributed by atoms with Crippen molar-refractivity contribution in [3.05, 3.63) is 29.8 Å². The minimum atomic E-state index is 0. The number of benzene rings is 1. The number of guanidine groups is 1.